The highest BCUT2D eigenvalue weighted by Crippen LogP contribution is 2.27. The van der Waals surface area contributed by atoms with Crippen LogP contribution in [0.5, 0.6) is 0 Å². The molecule has 0 aliphatic heterocycles. The second-order valence-corrected chi connectivity index (χ2v) is 8.26. The number of aryl methyl sites for hydroxylation is 1. The van der Waals surface area contributed by atoms with Crippen molar-refractivity contribution in [3.8, 4) is 0 Å². The number of imidazole rings is 1. The monoisotopic (exact) mass is 407 g/mol. The van der Waals surface area contributed by atoms with E-state index < -0.39 is 0 Å². The van der Waals surface area contributed by atoms with Gasteiger partial charge in [0.25, 0.3) is 0 Å². The highest BCUT2D eigenvalue weighted by Gasteiger charge is 2.19. The predicted molar refractivity (Wildman–Crippen MR) is 117 cm³/mol. The SMILES string of the molecule is CCn1c(SCC(=O)N[C@H](c2ccccc2)c2cccs2)nc2ccccc21. The number of thioether (sulfide) groups is 1. The van der Waals surface area contributed by atoms with E-state index in [0.29, 0.717) is 5.75 Å². The molecule has 0 unspecified atom stereocenters. The Bertz CT molecular complexity index is 1060. The van der Waals surface area contributed by atoms with Crippen LogP contribution in [0.1, 0.15) is 23.4 Å². The topological polar surface area (TPSA) is 46.9 Å². The average molecular weight is 408 g/mol. The van der Waals surface area contributed by atoms with Gasteiger partial charge in [0, 0.05) is 11.4 Å². The van der Waals surface area contributed by atoms with Gasteiger partial charge >= 0.3 is 0 Å². The van der Waals surface area contributed by atoms with Crippen LogP contribution in [0.15, 0.2) is 77.3 Å². The molecule has 1 atom stereocenters. The molecule has 1 N–H and O–H groups in total. The number of nitrogens with zero attached hydrogens (tertiary/aromatic N) is 2. The number of nitrogens with one attached hydrogen (secondary N) is 1. The van der Waals surface area contributed by atoms with Crippen LogP contribution in [0, 0.1) is 0 Å². The summed E-state index contributed by atoms with van der Waals surface area (Å²) in [6, 6.07) is 22.1. The smallest absolute Gasteiger partial charge is 0.231 e. The van der Waals surface area contributed by atoms with E-state index in [1.807, 2.05) is 60.0 Å². The van der Waals surface area contributed by atoms with Crippen molar-refractivity contribution < 1.29 is 4.79 Å². The molecule has 0 aliphatic rings. The van der Waals surface area contributed by atoms with Gasteiger partial charge in [0.2, 0.25) is 5.91 Å². The number of carbonyl (C=O) groups excluding carboxylic acids is 1. The molecule has 0 aliphatic carbocycles. The number of para-hydroxylation sites is 2. The second-order valence-electron chi connectivity index (χ2n) is 6.34. The van der Waals surface area contributed by atoms with Crippen molar-refractivity contribution in [2.75, 3.05) is 5.75 Å². The maximum atomic E-state index is 12.7. The molecule has 4 nitrogen and oxygen atoms in total. The lowest BCUT2D eigenvalue weighted by atomic mass is 10.1. The van der Waals surface area contributed by atoms with E-state index >= 15 is 0 Å². The Kier molecular flexibility index (Phi) is 5.78. The van der Waals surface area contributed by atoms with Gasteiger partial charge in [-0.1, -0.05) is 60.3 Å². The van der Waals surface area contributed by atoms with Crippen LogP contribution in [0.4, 0.5) is 0 Å². The highest BCUT2D eigenvalue weighted by molar-refractivity contribution is 7.99. The third-order valence-electron chi connectivity index (χ3n) is 4.53. The molecule has 142 valence electrons. The minimum absolute atomic E-state index is 0.00182. The predicted octanol–water partition coefficient (Wildman–Crippen LogP) is 5.12. The van der Waals surface area contributed by atoms with Crippen LogP contribution in [-0.2, 0) is 11.3 Å². The Morgan fingerprint density at radius 1 is 1.11 bits per heavy atom. The number of hydrogen-bond donors (Lipinski definition) is 1. The summed E-state index contributed by atoms with van der Waals surface area (Å²) in [5, 5.41) is 6.11. The summed E-state index contributed by atoms with van der Waals surface area (Å²) < 4.78 is 2.15. The molecule has 2 aromatic heterocycles. The zero-order chi connectivity index (χ0) is 19.3. The quantitative estimate of drug-likeness (QED) is 0.433. The lowest BCUT2D eigenvalue weighted by molar-refractivity contribution is -0.119. The van der Waals surface area contributed by atoms with Crippen molar-refractivity contribution in [3.05, 3.63) is 82.6 Å². The molecule has 0 saturated heterocycles. The Hall–Kier alpha value is -2.57. The molecule has 1 amide bonds. The Balaban J connectivity index is 1.49. The van der Waals surface area contributed by atoms with E-state index in [1.54, 1.807) is 11.3 Å². The lowest BCUT2D eigenvalue weighted by Gasteiger charge is -2.18. The van der Waals surface area contributed by atoms with Gasteiger partial charge in [0.1, 0.15) is 0 Å². The number of fused-ring (bicyclic) bond motifs is 1. The van der Waals surface area contributed by atoms with E-state index in [4.69, 9.17) is 4.98 Å². The lowest BCUT2D eigenvalue weighted by Crippen LogP contribution is -2.30. The summed E-state index contributed by atoms with van der Waals surface area (Å²) in [5.74, 6) is 0.333. The van der Waals surface area contributed by atoms with Crippen molar-refractivity contribution in [3.63, 3.8) is 0 Å². The molecule has 2 heterocycles. The first-order valence-electron chi connectivity index (χ1n) is 9.22. The Morgan fingerprint density at radius 2 is 1.89 bits per heavy atom. The van der Waals surface area contributed by atoms with E-state index in [9.17, 15) is 4.79 Å². The van der Waals surface area contributed by atoms with Crippen molar-refractivity contribution in [2.45, 2.75) is 24.7 Å². The maximum Gasteiger partial charge on any atom is 0.231 e. The van der Waals surface area contributed by atoms with E-state index in [0.717, 1.165) is 33.2 Å². The van der Waals surface area contributed by atoms with E-state index in [2.05, 4.69) is 28.9 Å². The van der Waals surface area contributed by atoms with Crippen LogP contribution in [0.2, 0.25) is 0 Å². The third-order valence-corrected chi connectivity index (χ3v) is 6.45. The highest BCUT2D eigenvalue weighted by atomic mass is 32.2. The molecule has 0 spiro atoms. The largest absolute Gasteiger partial charge is 0.344 e. The molecule has 4 rings (SSSR count). The summed E-state index contributed by atoms with van der Waals surface area (Å²) in [6.07, 6.45) is 0. The molecule has 6 heteroatoms. The fourth-order valence-electron chi connectivity index (χ4n) is 3.22. The number of rotatable bonds is 7. The van der Waals surface area contributed by atoms with Crippen LogP contribution >= 0.6 is 23.1 Å². The number of carbonyl (C=O) groups is 1. The summed E-state index contributed by atoms with van der Waals surface area (Å²) in [5.41, 5.74) is 3.16. The van der Waals surface area contributed by atoms with Crippen molar-refractivity contribution in [1.82, 2.24) is 14.9 Å². The van der Waals surface area contributed by atoms with Gasteiger partial charge in [-0.25, -0.2) is 4.98 Å². The zero-order valence-electron chi connectivity index (χ0n) is 15.5. The molecule has 28 heavy (non-hydrogen) atoms. The van der Waals surface area contributed by atoms with E-state index in [1.165, 1.54) is 11.8 Å². The summed E-state index contributed by atoms with van der Waals surface area (Å²) in [6.45, 7) is 2.92. The normalized spacial score (nSPS) is 12.2. The van der Waals surface area contributed by atoms with Gasteiger partial charge in [0.05, 0.1) is 22.8 Å². The fraction of sp³-hybridized carbons (Fsp3) is 0.182. The van der Waals surface area contributed by atoms with Gasteiger partial charge in [-0.3, -0.25) is 4.79 Å². The zero-order valence-corrected chi connectivity index (χ0v) is 17.2. The number of hydrogen-bond acceptors (Lipinski definition) is 4. The number of aromatic nitrogens is 2. The molecule has 0 saturated carbocycles. The maximum absolute atomic E-state index is 12.7. The van der Waals surface area contributed by atoms with E-state index in [-0.39, 0.29) is 11.9 Å². The molecule has 0 bridgehead atoms. The first-order valence-corrected chi connectivity index (χ1v) is 11.1. The molecular formula is C22H21N3OS2. The van der Waals surface area contributed by atoms with Crippen molar-refractivity contribution in [2.24, 2.45) is 0 Å². The average Bonchev–Trinajstić information content (AvgIpc) is 3.38. The first-order chi connectivity index (χ1) is 13.8. The van der Waals surface area contributed by atoms with Gasteiger partial charge < -0.3 is 9.88 Å². The summed E-state index contributed by atoms with van der Waals surface area (Å²) >= 11 is 3.14. The van der Waals surface area contributed by atoms with Gasteiger partial charge in [-0.15, -0.1) is 11.3 Å². The molecule has 0 fully saturated rings. The molecule has 4 aromatic rings. The van der Waals surface area contributed by atoms with Gasteiger partial charge in [-0.05, 0) is 36.1 Å². The van der Waals surface area contributed by atoms with Crippen LogP contribution in [-0.4, -0.2) is 21.2 Å². The van der Waals surface area contributed by atoms with Gasteiger partial charge in [-0.2, -0.15) is 0 Å². The Morgan fingerprint density at radius 3 is 2.64 bits per heavy atom. The molecule has 0 radical (unpaired) electrons. The third kappa shape index (κ3) is 3.98. The number of benzene rings is 2. The van der Waals surface area contributed by atoms with Crippen LogP contribution in [0.25, 0.3) is 11.0 Å². The standard InChI is InChI=1S/C22H21N3OS2/c1-2-25-18-12-7-6-11-17(18)23-22(25)28-15-20(26)24-21(19-13-8-14-27-19)16-9-4-3-5-10-16/h3-14,21H,2,15H2,1H3,(H,24,26)/t21-/m1/s1. The number of thiophene rings is 1. The minimum Gasteiger partial charge on any atom is -0.344 e. The van der Waals surface area contributed by atoms with Crippen LogP contribution in [0.3, 0.4) is 0 Å². The first kappa shape index (κ1) is 18.8. The minimum atomic E-state index is -0.126. The van der Waals surface area contributed by atoms with Crippen LogP contribution < -0.4 is 5.32 Å². The van der Waals surface area contributed by atoms with Crippen molar-refractivity contribution in [1.29, 1.82) is 0 Å². The van der Waals surface area contributed by atoms with Gasteiger partial charge in [0.15, 0.2) is 5.16 Å². The second kappa shape index (κ2) is 8.63. The van der Waals surface area contributed by atoms with Crippen molar-refractivity contribution >= 4 is 40.0 Å². The molecule has 2 aromatic carbocycles. The fourth-order valence-corrected chi connectivity index (χ4v) is 4.91. The Labute approximate surface area is 172 Å². The summed E-state index contributed by atoms with van der Waals surface area (Å²) in [4.78, 5) is 18.6. The molecular weight excluding hydrogens is 386 g/mol. The summed E-state index contributed by atoms with van der Waals surface area (Å²) in [7, 11) is 0. The number of amides is 1.